The molecule has 0 aliphatic heterocycles. The maximum Gasteiger partial charge on any atom is 0.258 e. The van der Waals surface area contributed by atoms with Crippen molar-refractivity contribution >= 4 is 29.1 Å². The van der Waals surface area contributed by atoms with E-state index in [4.69, 9.17) is 5.73 Å². The van der Waals surface area contributed by atoms with Crippen LogP contribution < -0.4 is 16.6 Å². The zero-order valence-electron chi connectivity index (χ0n) is 16.4. The number of aromatic nitrogens is 1. The van der Waals surface area contributed by atoms with Crippen molar-refractivity contribution in [2.45, 2.75) is 26.9 Å². The average molecular weight is 400 g/mol. The van der Waals surface area contributed by atoms with Gasteiger partial charge in [-0.2, -0.15) is 0 Å². The molecule has 1 heterocycles. The number of hydrogen-bond donors (Lipinski definition) is 2. The molecular formula is C22H26ClN3O2. The lowest BCUT2D eigenvalue weighted by Crippen LogP contribution is -2.28. The van der Waals surface area contributed by atoms with Crippen LogP contribution in [-0.4, -0.2) is 17.5 Å². The van der Waals surface area contributed by atoms with Crippen LogP contribution in [0.1, 0.15) is 29.9 Å². The zero-order chi connectivity index (χ0) is 19.6. The molecular weight excluding hydrogens is 374 g/mol. The third kappa shape index (κ3) is 3.96. The van der Waals surface area contributed by atoms with E-state index < -0.39 is 0 Å². The Hall–Kier alpha value is -2.63. The van der Waals surface area contributed by atoms with E-state index in [2.05, 4.69) is 19.2 Å². The Kier molecular flexibility index (Phi) is 7.00. The van der Waals surface area contributed by atoms with Gasteiger partial charge in [0.05, 0.1) is 0 Å². The van der Waals surface area contributed by atoms with Gasteiger partial charge in [-0.3, -0.25) is 9.59 Å². The van der Waals surface area contributed by atoms with E-state index in [0.717, 1.165) is 22.2 Å². The maximum absolute atomic E-state index is 13.2. The molecule has 0 bridgehead atoms. The molecule has 28 heavy (non-hydrogen) atoms. The van der Waals surface area contributed by atoms with Gasteiger partial charge >= 0.3 is 0 Å². The number of benzene rings is 2. The van der Waals surface area contributed by atoms with Crippen LogP contribution in [0, 0.1) is 5.92 Å². The number of nitrogens with two attached hydrogens (primary N) is 1. The Bertz CT molecular complexity index is 1040. The fraction of sp³-hybridized carbons (Fsp3) is 0.273. The van der Waals surface area contributed by atoms with Crippen LogP contribution >= 0.6 is 12.4 Å². The van der Waals surface area contributed by atoms with Gasteiger partial charge in [-0.25, -0.2) is 0 Å². The van der Waals surface area contributed by atoms with E-state index in [-0.39, 0.29) is 30.4 Å². The lowest BCUT2D eigenvalue weighted by molar-refractivity contribution is 0.0963. The lowest BCUT2D eigenvalue weighted by Gasteiger charge is -2.21. The van der Waals surface area contributed by atoms with Gasteiger partial charge in [0.1, 0.15) is 0 Å². The predicted octanol–water partition coefficient (Wildman–Crippen LogP) is 3.56. The van der Waals surface area contributed by atoms with Crippen LogP contribution in [0.5, 0.6) is 0 Å². The number of rotatable bonds is 5. The molecule has 3 rings (SSSR count). The molecule has 6 heteroatoms. The fourth-order valence-electron chi connectivity index (χ4n) is 3.48. The number of hydrogen-bond acceptors (Lipinski definition) is 3. The van der Waals surface area contributed by atoms with Crippen LogP contribution in [0.4, 0.5) is 0 Å². The monoisotopic (exact) mass is 399 g/mol. The van der Waals surface area contributed by atoms with Gasteiger partial charge in [0.15, 0.2) is 0 Å². The molecule has 1 amide bonds. The van der Waals surface area contributed by atoms with Crippen LogP contribution in [0.2, 0.25) is 0 Å². The number of nitrogens with zero attached hydrogens (tertiary/aromatic N) is 1. The number of amides is 1. The highest BCUT2D eigenvalue weighted by Crippen LogP contribution is 2.31. The van der Waals surface area contributed by atoms with Gasteiger partial charge in [0.25, 0.3) is 11.5 Å². The predicted molar refractivity (Wildman–Crippen MR) is 117 cm³/mol. The largest absolute Gasteiger partial charge is 0.355 e. The van der Waals surface area contributed by atoms with Crippen LogP contribution in [-0.2, 0) is 13.1 Å². The summed E-state index contributed by atoms with van der Waals surface area (Å²) in [6, 6.07) is 15.1. The SMILES string of the molecule is CNC(=O)c1ccc2c(=O)n(CC(C)C)c(CN)c(-c3ccccc3)c2c1.Cl. The van der Waals surface area contributed by atoms with Crippen molar-refractivity contribution in [2.75, 3.05) is 7.05 Å². The Morgan fingerprint density at radius 1 is 1.11 bits per heavy atom. The molecule has 0 fully saturated rings. The van der Waals surface area contributed by atoms with E-state index in [9.17, 15) is 9.59 Å². The highest BCUT2D eigenvalue weighted by Gasteiger charge is 2.19. The summed E-state index contributed by atoms with van der Waals surface area (Å²) in [5.74, 6) is 0.121. The van der Waals surface area contributed by atoms with Crippen molar-refractivity contribution in [2.24, 2.45) is 11.7 Å². The van der Waals surface area contributed by atoms with Crippen molar-refractivity contribution in [3.05, 3.63) is 70.1 Å². The van der Waals surface area contributed by atoms with Crippen molar-refractivity contribution in [3.63, 3.8) is 0 Å². The first-order valence-corrected chi connectivity index (χ1v) is 9.15. The first-order chi connectivity index (χ1) is 13.0. The topological polar surface area (TPSA) is 77.1 Å². The summed E-state index contributed by atoms with van der Waals surface area (Å²) < 4.78 is 1.79. The minimum absolute atomic E-state index is 0. The number of carbonyl (C=O) groups excluding carboxylic acids is 1. The van der Waals surface area contributed by atoms with Crippen LogP contribution in [0.25, 0.3) is 21.9 Å². The second kappa shape index (κ2) is 9.04. The molecule has 0 atom stereocenters. The van der Waals surface area contributed by atoms with Gasteiger partial charge in [0, 0.05) is 42.3 Å². The summed E-state index contributed by atoms with van der Waals surface area (Å²) in [4.78, 5) is 25.3. The first kappa shape index (κ1) is 21.7. The summed E-state index contributed by atoms with van der Waals surface area (Å²) in [7, 11) is 1.59. The zero-order valence-corrected chi connectivity index (χ0v) is 17.2. The molecule has 1 aromatic heterocycles. The summed E-state index contributed by atoms with van der Waals surface area (Å²) in [5, 5.41) is 3.99. The fourth-order valence-corrected chi connectivity index (χ4v) is 3.48. The Labute approximate surface area is 171 Å². The highest BCUT2D eigenvalue weighted by molar-refractivity contribution is 6.03. The lowest BCUT2D eigenvalue weighted by atomic mass is 9.95. The Morgan fingerprint density at radius 3 is 2.36 bits per heavy atom. The van der Waals surface area contributed by atoms with Crippen LogP contribution in [0.3, 0.4) is 0 Å². The number of nitrogens with one attached hydrogen (secondary N) is 1. The van der Waals surface area contributed by atoms with E-state index in [1.165, 1.54) is 0 Å². The highest BCUT2D eigenvalue weighted by atomic mass is 35.5. The average Bonchev–Trinajstić information content (AvgIpc) is 2.69. The molecule has 0 aliphatic carbocycles. The number of carbonyl (C=O) groups is 1. The molecule has 3 aromatic rings. The van der Waals surface area contributed by atoms with Crippen molar-refractivity contribution < 1.29 is 4.79 Å². The summed E-state index contributed by atoms with van der Waals surface area (Å²) in [6.07, 6.45) is 0. The van der Waals surface area contributed by atoms with Gasteiger partial charge in [-0.1, -0.05) is 44.2 Å². The molecule has 0 saturated heterocycles. The number of fused-ring (bicyclic) bond motifs is 1. The molecule has 0 radical (unpaired) electrons. The third-order valence-electron chi connectivity index (χ3n) is 4.67. The molecule has 3 N–H and O–H groups in total. The molecule has 5 nitrogen and oxygen atoms in total. The van der Waals surface area contributed by atoms with Crippen molar-refractivity contribution in [1.82, 2.24) is 9.88 Å². The normalized spacial score (nSPS) is 10.8. The summed E-state index contributed by atoms with van der Waals surface area (Å²) in [6.45, 7) is 4.99. The van der Waals surface area contributed by atoms with E-state index >= 15 is 0 Å². The van der Waals surface area contributed by atoms with E-state index in [1.807, 2.05) is 30.3 Å². The summed E-state index contributed by atoms with van der Waals surface area (Å²) in [5.41, 5.74) is 9.25. The third-order valence-corrected chi connectivity index (χ3v) is 4.67. The van der Waals surface area contributed by atoms with Crippen molar-refractivity contribution in [3.8, 4) is 11.1 Å². The molecule has 2 aromatic carbocycles. The Morgan fingerprint density at radius 2 is 1.79 bits per heavy atom. The van der Waals surface area contributed by atoms with Gasteiger partial charge in [-0.15, -0.1) is 12.4 Å². The molecule has 0 spiro atoms. The smallest absolute Gasteiger partial charge is 0.258 e. The first-order valence-electron chi connectivity index (χ1n) is 9.15. The number of pyridine rings is 1. The molecule has 148 valence electrons. The van der Waals surface area contributed by atoms with Gasteiger partial charge in [-0.05, 0) is 35.1 Å². The number of halogens is 1. The quantitative estimate of drug-likeness (QED) is 0.688. The van der Waals surface area contributed by atoms with E-state index in [0.29, 0.717) is 23.4 Å². The van der Waals surface area contributed by atoms with Crippen LogP contribution in [0.15, 0.2) is 53.3 Å². The molecule has 0 aliphatic rings. The second-order valence-electron chi connectivity index (χ2n) is 7.04. The minimum Gasteiger partial charge on any atom is -0.355 e. The van der Waals surface area contributed by atoms with Gasteiger partial charge < -0.3 is 15.6 Å². The van der Waals surface area contributed by atoms with Crippen molar-refractivity contribution in [1.29, 1.82) is 0 Å². The molecule has 0 unspecified atom stereocenters. The van der Waals surface area contributed by atoms with Gasteiger partial charge in [0.2, 0.25) is 0 Å². The standard InChI is InChI=1S/C22H25N3O2.ClH/c1-14(2)13-25-19(12-23)20(15-7-5-4-6-8-15)18-11-16(21(26)24-3)9-10-17(18)22(25)27;/h4-11,14H,12-13,23H2,1-3H3,(H,24,26);1H. The second-order valence-corrected chi connectivity index (χ2v) is 7.04. The maximum atomic E-state index is 13.2. The molecule has 0 saturated carbocycles. The summed E-state index contributed by atoms with van der Waals surface area (Å²) >= 11 is 0. The van der Waals surface area contributed by atoms with E-state index in [1.54, 1.807) is 29.8 Å². The minimum atomic E-state index is -0.184. The Balaban J connectivity index is 0.00000280.